The summed E-state index contributed by atoms with van der Waals surface area (Å²) < 4.78 is 1.17. The summed E-state index contributed by atoms with van der Waals surface area (Å²) in [6.45, 7) is 7.03. The molecular formula is C15H25BrN2S. The van der Waals surface area contributed by atoms with Crippen molar-refractivity contribution < 1.29 is 0 Å². The summed E-state index contributed by atoms with van der Waals surface area (Å²) in [5, 5.41) is 2.14. The Labute approximate surface area is 129 Å². The van der Waals surface area contributed by atoms with Gasteiger partial charge in [-0.2, -0.15) is 0 Å². The third-order valence-corrected chi connectivity index (χ3v) is 6.09. The van der Waals surface area contributed by atoms with Gasteiger partial charge in [0.1, 0.15) is 0 Å². The topological polar surface area (TPSA) is 29.3 Å². The van der Waals surface area contributed by atoms with Crippen LogP contribution in [0.1, 0.15) is 44.4 Å². The Morgan fingerprint density at radius 1 is 1.32 bits per heavy atom. The van der Waals surface area contributed by atoms with E-state index in [9.17, 15) is 0 Å². The zero-order valence-electron chi connectivity index (χ0n) is 12.0. The van der Waals surface area contributed by atoms with E-state index < -0.39 is 0 Å². The van der Waals surface area contributed by atoms with Crippen LogP contribution in [-0.4, -0.2) is 29.6 Å². The molecule has 0 saturated carbocycles. The summed E-state index contributed by atoms with van der Waals surface area (Å²) in [6, 6.07) is 2.39. The van der Waals surface area contributed by atoms with Crippen LogP contribution in [0.15, 0.2) is 15.9 Å². The minimum absolute atomic E-state index is 0.0841. The summed E-state index contributed by atoms with van der Waals surface area (Å²) in [4.78, 5) is 3.98. The van der Waals surface area contributed by atoms with Crippen LogP contribution in [0.3, 0.4) is 0 Å². The SMILES string of the molecule is CC(C)(C(N)Cc1cc(Br)cs1)N1CCCCCC1. The number of nitrogens with two attached hydrogens (primary N) is 1. The molecule has 2 rings (SSSR count). The molecular weight excluding hydrogens is 320 g/mol. The Kier molecular flexibility index (Phi) is 5.46. The molecule has 1 aliphatic rings. The number of rotatable bonds is 4. The molecule has 0 bridgehead atoms. The van der Waals surface area contributed by atoms with Gasteiger partial charge in [0.25, 0.3) is 0 Å². The summed E-state index contributed by atoms with van der Waals surface area (Å²) >= 11 is 5.32. The van der Waals surface area contributed by atoms with Crippen LogP contribution >= 0.6 is 27.3 Å². The number of hydrogen-bond donors (Lipinski definition) is 1. The number of nitrogens with zero attached hydrogens (tertiary/aromatic N) is 1. The Morgan fingerprint density at radius 3 is 2.47 bits per heavy atom. The van der Waals surface area contributed by atoms with Gasteiger partial charge in [-0.3, -0.25) is 4.90 Å². The van der Waals surface area contributed by atoms with Crippen molar-refractivity contribution in [3.05, 3.63) is 20.8 Å². The second-order valence-electron chi connectivity index (χ2n) is 6.10. The van der Waals surface area contributed by atoms with E-state index in [0.29, 0.717) is 0 Å². The van der Waals surface area contributed by atoms with Crippen LogP contribution in [0.25, 0.3) is 0 Å². The van der Waals surface area contributed by atoms with Crippen molar-refractivity contribution in [3.63, 3.8) is 0 Å². The quantitative estimate of drug-likeness (QED) is 0.893. The maximum absolute atomic E-state index is 6.52. The fraction of sp³-hybridized carbons (Fsp3) is 0.733. The maximum Gasteiger partial charge on any atom is 0.0307 e. The van der Waals surface area contributed by atoms with Gasteiger partial charge in [-0.1, -0.05) is 12.8 Å². The monoisotopic (exact) mass is 344 g/mol. The molecule has 2 nitrogen and oxygen atoms in total. The van der Waals surface area contributed by atoms with E-state index in [2.05, 4.69) is 46.1 Å². The highest BCUT2D eigenvalue weighted by Gasteiger charge is 2.33. The molecule has 1 fully saturated rings. The van der Waals surface area contributed by atoms with Gasteiger partial charge >= 0.3 is 0 Å². The fourth-order valence-electron chi connectivity index (χ4n) is 2.81. The highest BCUT2D eigenvalue weighted by molar-refractivity contribution is 9.10. The molecule has 0 aromatic carbocycles. The number of thiophene rings is 1. The molecule has 0 amide bonds. The molecule has 0 aliphatic carbocycles. The molecule has 0 spiro atoms. The lowest BCUT2D eigenvalue weighted by Gasteiger charge is -2.42. The molecule has 19 heavy (non-hydrogen) atoms. The van der Waals surface area contributed by atoms with Crippen molar-refractivity contribution in [1.82, 2.24) is 4.90 Å². The van der Waals surface area contributed by atoms with Crippen LogP contribution in [-0.2, 0) is 6.42 Å². The van der Waals surface area contributed by atoms with Gasteiger partial charge in [-0.25, -0.2) is 0 Å². The van der Waals surface area contributed by atoms with Crippen LogP contribution in [0.5, 0.6) is 0 Å². The largest absolute Gasteiger partial charge is 0.326 e. The van der Waals surface area contributed by atoms with E-state index in [4.69, 9.17) is 5.73 Å². The molecule has 108 valence electrons. The molecule has 1 aliphatic heterocycles. The standard InChI is InChI=1S/C15H25BrN2S/c1-15(2,18-7-5-3-4-6-8-18)14(17)10-13-9-12(16)11-19-13/h9,11,14H,3-8,10,17H2,1-2H3. The Bertz CT molecular complexity index is 395. The Hall–Kier alpha value is 0.1000. The van der Waals surface area contributed by atoms with Crippen LogP contribution in [0.4, 0.5) is 0 Å². The van der Waals surface area contributed by atoms with Crippen molar-refractivity contribution in [2.24, 2.45) is 5.73 Å². The Balaban J connectivity index is 2.00. The van der Waals surface area contributed by atoms with Gasteiger partial charge in [0.05, 0.1) is 0 Å². The minimum atomic E-state index is 0.0841. The van der Waals surface area contributed by atoms with E-state index in [0.717, 1.165) is 6.42 Å². The van der Waals surface area contributed by atoms with Gasteiger partial charge in [0.2, 0.25) is 0 Å². The fourth-order valence-corrected chi connectivity index (χ4v) is 4.32. The third-order valence-electron chi connectivity index (χ3n) is 4.37. The third kappa shape index (κ3) is 4.03. The van der Waals surface area contributed by atoms with E-state index in [1.165, 1.54) is 48.1 Å². The zero-order valence-corrected chi connectivity index (χ0v) is 14.4. The molecule has 2 N–H and O–H groups in total. The lowest BCUT2D eigenvalue weighted by Crippen LogP contribution is -2.57. The van der Waals surface area contributed by atoms with E-state index in [1.807, 2.05) is 0 Å². The van der Waals surface area contributed by atoms with Crippen molar-refractivity contribution >= 4 is 27.3 Å². The average molecular weight is 345 g/mol. The molecule has 1 aromatic rings. The van der Waals surface area contributed by atoms with Crippen molar-refractivity contribution in [1.29, 1.82) is 0 Å². The van der Waals surface area contributed by atoms with E-state index in [1.54, 1.807) is 11.3 Å². The minimum Gasteiger partial charge on any atom is -0.326 e. The number of halogens is 1. The van der Waals surface area contributed by atoms with E-state index in [-0.39, 0.29) is 11.6 Å². The number of hydrogen-bond acceptors (Lipinski definition) is 3. The molecule has 1 atom stereocenters. The van der Waals surface area contributed by atoms with Gasteiger partial charge in [-0.15, -0.1) is 11.3 Å². The van der Waals surface area contributed by atoms with Gasteiger partial charge in [0, 0.05) is 26.3 Å². The van der Waals surface area contributed by atoms with E-state index >= 15 is 0 Å². The second-order valence-corrected chi connectivity index (χ2v) is 8.01. The number of likely N-dealkylation sites (tertiary alicyclic amines) is 1. The summed E-state index contributed by atoms with van der Waals surface area (Å²) in [7, 11) is 0. The Morgan fingerprint density at radius 2 is 1.95 bits per heavy atom. The maximum atomic E-state index is 6.52. The first-order valence-corrected chi connectivity index (χ1v) is 8.91. The summed E-state index contributed by atoms with van der Waals surface area (Å²) in [6.07, 6.45) is 6.36. The first kappa shape index (κ1) is 15.5. The normalized spacial score (nSPS) is 20.2. The van der Waals surface area contributed by atoms with Crippen LogP contribution < -0.4 is 5.73 Å². The van der Waals surface area contributed by atoms with Gasteiger partial charge in [-0.05, 0) is 68.2 Å². The summed E-state index contributed by atoms with van der Waals surface area (Å²) in [5.74, 6) is 0. The van der Waals surface area contributed by atoms with Gasteiger partial charge < -0.3 is 5.73 Å². The first-order valence-electron chi connectivity index (χ1n) is 7.23. The van der Waals surface area contributed by atoms with Crippen LogP contribution in [0.2, 0.25) is 0 Å². The van der Waals surface area contributed by atoms with Crippen molar-refractivity contribution in [3.8, 4) is 0 Å². The first-order chi connectivity index (χ1) is 9.00. The summed E-state index contributed by atoms with van der Waals surface area (Å²) in [5.41, 5.74) is 6.61. The zero-order chi connectivity index (χ0) is 13.9. The predicted octanol–water partition coefficient (Wildman–Crippen LogP) is 4.04. The lowest BCUT2D eigenvalue weighted by atomic mass is 9.90. The van der Waals surface area contributed by atoms with Crippen molar-refractivity contribution in [2.75, 3.05) is 13.1 Å². The highest BCUT2D eigenvalue weighted by atomic mass is 79.9. The van der Waals surface area contributed by atoms with Crippen LogP contribution in [0, 0.1) is 0 Å². The molecule has 4 heteroatoms. The smallest absolute Gasteiger partial charge is 0.0307 e. The average Bonchev–Trinajstić information content (AvgIpc) is 2.63. The molecule has 1 aromatic heterocycles. The second kappa shape index (κ2) is 6.70. The van der Waals surface area contributed by atoms with Crippen molar-refractivity contribution in [2.45, 2.75) is 57.5 Å². The highest BCUT2D eigenvalue weighted by Crippen LogP contribution is 2.27. The molecule has 1 unspecified atom stereocenters. The molecule has 1 saturated heterocycles. The molecule has 2 heterocycles. The molecule has 0 radical (unpaired) electrons. The predicted molar refractivity (Wildman–Crippen MR) is 87.8 cm³/mol. The van der Waals surface area contributed by atoms with Gasteiger partial charge in [0.15, 0.2) is 0 Å². The lowest BCUT2D eigenvalue weighted by molar-refractivity contribution is 0.0982.